The summed E-state index contributed by atoms with van der Waals surface area (Å²) in [5.74, 6) is -1.04. The maximum atomic E-state index is 12.1. The third kappa shape index (κ3) is 4.26. The van der Waals surface area contributed by atoms with E-state index in [0.717, 1.165) is 6.42 Å². The number of rotatable bonds is 6. The van der Waals surface area contributed by atoms with Gasteiger partial charge in [0.2, 0.25) is 0 Å². The lowest BCUT2D eigenvalue weighted by atomic mass is 10.1. The van der Waals surface area contributed by atoms with Crippen LogP contribution in [0.3, 0.4) is 0 Å². The Morgan fingerprint density at radius 1 is 1.30 bits per heavy atom. The third-order valence-electron chi connectivity index (χ3n) is 2.82. The maximum Gasteiger partial charge on any atom is 0.347 e. The lowest BCUT2D eigenvalue weighted by Crippen LogP contribution is -2.29. The molecule has 0 spiro atoms. The summed E-state index contributed by atoms with van der Waals surface area (Å²) in [5, 5.41) is 0. The van der Waals surface area contributed by atoms with Crippen molar-refractivity contribution in [2.45, 2.75) is 39.7 Å². The fourth-order valence-electron chi connectivity index (χ4n) is 1.83. The molecular weight excluding hydrogens is 258 g/mol. The summed E-state index contributed by atoms with van der Waals surface area (Å²) in [6.07, 6.45) is 0.306. The molecule has 0 saturated carbocycles. The van der Waals surface area contributed by atoms with Crippen molar-refractivity contribution < 1.29 is 19.1 Å². The van der Waals surface area contributed by atoms with Gasteiger partial charge in [-0.15, -0.1) is 0 Å². The van der Waals surface area contributed by atoms with Gasteiger partial charge in [0.05, 0.1) is 12.2 Å². The number of hydrogen-bond acceptors (Lipinski definition) is 5. The van der Waals surface area contributed by atoms with E-state index in [9.17, 15) is 9.59 Å². The first-order valence-corrected chi connectivity index (χ1v) is 6.73. The van der Waals surface area contributed by atoms with E-state index in [2.05, 4.69) is 0 Å². The van der Waals surface area contributed by atoms with Gasteiger partial charge >= 0.3 is 11.9 Å². The topological polar surface area (TPSA) is 78.6 Å². The molecule has 20 heavy (non-hydrogen) atoms. The van der Waals surface area contributed by atoms with Crippen LogP contribution in [0.25, 0.3) is 0 Å². The normalized spacial score (nSPS) is 11.8. The van der Waals surface area contributed by atoms with Gasteiger partial charge in [0.25, 0.3) is 0 Å². The van der Waals surface area contributed by atoms with E-state index in [0.29, 0.717) is 23.2 Å². The van der Waals surface area contributed by atoms with Crippen molar-refractivity contribution in [2.24, 2.45) is 0 Å². The highest BCUT2D eigenvalue weighted by Gasteiger charge is 2.24. The van der Waals surface area contributed by atoms with Crippen molar-refractivity contribution in [3.05, 3.63) is 29.3 Å². The molecule has 110 valence electrons. The number of benzene rings is 1. The van der Waals surface area contributed by atoms with Gasteiger partial charge in [-0.3, -0.25) is 0 Å². The molecule has 1 aromatic rings. The Bertz CT molecular complexity index is 485. The summed E-state index contributed by atoms with van der Waals surface area (Å²) in [6, 6.07) is 4.92. The van der Waals surface area contributed by atoms with Crippen molar-refractivity contribution >= 4 is 17.6 Å². The number of anilines is 1. The van der Waals surface area contributed by atoms with Crippen LogP contribution >= 0.6 is 0 Å². The SMILES string of the molecule is CCCC(OC(=O)c1ccc(N)cc1C)C(=O)OCC. The van der Waals surface area contributed by atoms with E-state index < -0.39 is 18.0 Å². The molecule has 1 aromatic carbocycles. The van der Waals surface area contributed by atoms with Crippen molar-refractivity contribution in [3.63, 3.8) is 0 Å². The van der Waals surface area contributed by atoms with E-state index >= 15 is 0 Å². The summed E-state index contributed by atoms with van der Waals surface area (Å²) in [6.45, 7) is 5.66. The summed E-state index contributed by atoms with van der Waals surface area (Å²) < 4.78 is 10.2. The zero-order valence-corrected chi connectivity index (χ0v) is 12.1. The zero-order valence-electron chi connectivity index (χ0n) is 12.1. The van der Waals surface area contributed by atoms with E-state index in [4.69, 9.17) is 15.2 Å². The van der Waals surface area contributed by atoms with Gasteiger partial charge in [-0.1, -0.05) is 13.3 Å². The molecule has 0 aliphatic heterocycles. The molecule has 0 bridgehead atoms. The van der Waals surface area contributed by atoms with Crippen LogP contribution in [0.15, 0.2) is 18.2 Å². The fraction of sp³-hybridized carbons (Fsp3) is 0.467. The highest BCUT2D eigenvalue weighted by atomic mass is 16.6. The molecule has 1 unspecified atom stereocenters. The average molecular weight is 279 g/mol. The van der Waals surface area contributed by atoms with Crippen LogP contribution in [0.1, 0.15) is 42.6 Å². The summed E-state index contributed by atoms with van der Waals surface area (Å²) >= 11 is 0. The van der Waals surface area contributed by atoms with E-state index in [-0.39, 0.29) is 6.61 Å². The quantitative estimate of drug-likeness (QED) is 0.639. The molecule has 1 rings (SSSR count). The molecule has 0 radical (unpaired) electrons. The van der Waals surface area contributed by atoms with Crippen molar-refractivity contribution in [1.29, 1.82) is 0 Å². The van der Waals surface area contributed by atoms with Gasteiger partial charge in [0.1, 0.15) is 0 Å². The van der Waals surface area contributed by atoms with Crippen molar-refractivity contribution in [3.8, 4) is 0 Å². The van der Waals surface area contributed by atoms with Gasteiger partial charge in [0, 0.05) is 5.69 Å². The standard InChI is InChI=1S/C15H21NO4/c1-4-6-13(15(18)19-5-2)20-14(17)12-8-7-11(16)9-10(12)3/h7-9,13H,4-6,16H2,1-3H3. The minimum absolute atomic E-state index is 0.261. The number of carbonyl (C=O) groups excluding carboxylic acids is 2. The average Bonchev–Trinajstić information content (AvgIpc) is 2.38. The fourth-order valence-corrected chi connectivity index (χ4v) is 1.83. The number of nitrogen functional groups attached to an aromatic ring is 1. The molecule has 0 aromatic heterocycles. The summed E-state index contributed by atoms with van der Waals surface area (Å²) in [4.78, 5) is 23.8. The first-order chi connectivity index (χ1) is 9.49. The molecule has 1 atom stereocenters. The molecule has 0 fully saturated rings. The van der Waals surface area contributed by atoms with Gasteiger partial charge in [-0.2, -0.15) is 0 Å². The predicted molar refractivity (Wildman–Crippen MR) is 76.3 cm³/mol. The van der Waals surface area contributed by atoms with Gasteiger partial charge < -0.3 is 15.2 Å². The number of esters is 2. The van der Waals surface area contributed by atoms with Crippen molar-refractivity contribution in [1.82, 2.24) is 0 Å². The van der Waals surface area contributed by atoms with E-state index in [1.54, 1.807) is 32.0 Å². The second kappa shape index (κ2) is 7.53. The van der Waals surface area contributed by atoms with Crippen LogP contribution in [0, 0.1) is 6.92 Å². The summed E-state index contributed by atoms with van der Waals surface area (Å²) in [7, 11) is 0. The Hall–Kier alpha value is -2.04. The highest BCUT2D eigenvalue weighted by molar-refractivity contribution is 5.93. The lowest BCUT2D eigenvalue weighted by molar-refractivity contribution is -0.153. The molecule has 0 aliphatic carbocycles. The highest BCUT2D eigenvalue weighted by Crippen LogP contribution is 2.16. The molecule has 0 heterocycles. The van der Waals surface area contributed by atoms with Crippen LogP contribution < -0.4 is 5.73 Å². The Morgan fingerprint density at radius 3 is 2.55 bits per heavy atom. The number of ether oxygens (including phenoxy) is 2. The molecule has 0 saturated heterocycles. The largest absolute Gasteiger partial charge is 0.463 e. The molecular formula is C15H21NO4. The Balaban J connectivity index is 2.82. The van der Waals surface area contributed by atoms with Crippen LogP contribution in [0.5, 0.6) is 0 Å². The van der Waals surface area contributed by atoms with Gasteiger partial charge in [-0.25, -0.2) is 9.59 Å². The van der Waals surface area contributed by atoms with Crippen LogP contribution in [0.2, 0.25) is 0 Å². The van der Waals surface area contributed by atoms with Gasteiger partial charge in [-0.05, 0) is 44.0 Å². The van der Waals surface area contributed by atoms with Crippen molar-refractivity contribution in [2.75, 3.05) is 12.3 Å². The second-order valence-electron chi connectivity index (χ2n) is 4.51. The van der Waals surface area contributed by atoms with Crippen LogP contribution in [-0.4, -0.2) is 24.6 Å². The van der Waals surface area contributed by atoms with Crippen LogP contribution in [0.4, 0.5) is 5.69 Å². The molecule has 0 amide bonds. The monoisotopic (exact) mass is 279 g/mol. The first-order valence-electron chi connectivity index (χ1n) is 6.73. The molecule has 5 heteroatoms. The first kappa shape index (κ1) is 16.0. The predicted octanol–water partition coefficient (Wildman–Crippen LogP) is 2.47. The smallest absolute Gasteiger partial charge is 0.347 e. The molecule has 0 aliphatic rings. The molecule has 2 N–H and O–H groups in total. The Kier molecular flexibility index (Phi) is 6.03. The zero-order chi connectivity index (χ0) is 15.1. The number of aryl methyl sites for hydroxylation is 1. The molecule has 5 nitrogen and oxygen atoms in total. The van der Waals surface area contributed by atoms with Gasteiger partial charge in [0.15, 0.2) is 6.10 Å². The minimum atomic E-state index is -0.857. The Morgan fingerprint density at radius 2 is 2.00 bits per heavy atom. The third-order valence-corrected chi connectivity index (χ3v) is 2.82. The second-order valence-corrected chi connectivity index (χ2v) is 4.51. The Labute approximate surface area is 119 Å². The summed E-state index contributed by atoms with van der Waals surface area (Å²) in [5.41, 5.74) is 7.34. The lowest BCUT2D eigenvalue weighted by Gasteiger charge is -2.16. The van der Waals surface area contributed by atoms with Crippen LogP contribution in [-0.2, 0) is 14.3 Å². The minimum Gasteiger partial charge on any atom is -0.463 e. The number of carbonyl (C=O) groups is 2. The number of nitrogens with two attached hydrogens (primary N) is 1. The maximum absolute atomic E-state index is 12.1. The van der Waals surface area contributed by atoms with E-state index in [1.165, 1.54) is 0 Å². The van der Waals surface area contributed by atoms with E-state index in [1.807, 2.05) is 6.92 Å². The number of hydrogen-bond donors (Lipinski definition) is 1.